The van der Waals surface area contributed by atoms with Gasteiger partial charge in [0.2, 0.25) is 15.0 Å². The molecule has 0 aromatic carbocycles. The van der Waals surface area contributed by atoms with Crippen LogP contribution in [0, 0.1) is 18.8 Å². The standard InChI is InChI=1S/C14H23N3O4S.C2H6/c1-8(7-18)10-4-5-11(6-10)15-12-9(2)13(19)17-14(16-12)22(3,20)21;1-2/h8,10-11,18H,4-7H2,1-3H3,(H2,15,16,17,19);1-2H3/t8-,10?,11?;/m1./s1. The SMILES string of the molecule is CC.Cc1c(NC2CCC([C@H](C)CO)C2)nc(S(C)(=O)=O)[nH]c1=O. The predicted octanol–water partition coefficient (Wildman–Crippen LogP) is 1.72. The first-order valence-electron chi connectivity index (χ1n) is 8.40. The Balaban J connectivity index is 0.00000139. The van der Waals surface area contributed by atoms with Crippen LogP contribution in [0.4, 0.5) is 5.82 Å². The Kier molecular flexibility index (Phi) is 7.41. The van der Waals surface area contributed by atoms with E-state index in [0.29, 0.717) is 17.3 Å². The molecule has 1 aliphatic carbocycles. The lowest BCUT2D eigenvalue weighted by atomic mass is 9.93. The molecule has 8 heteroatoms. The van der Waals surface area contributed by atoms with Crippen molar-refractivity contribution in [2.24, 2.45) is 11.8 Å². The minimum Gasteiger partial charge on any atom is -0.396 e. The van der Waals surface area contributed by atoms with Gasteiger partial charge in [0.05, 0.1) is 5.56 Å². The summed E-state index contributed by atoms with van der Waals surface area (Å²) >= 11 is 0. The summed E-state index contributed by atoms with van der Waals surface area (Å²) in [5.41, 5.74) is -0.0674. The van der Waals surface area contributed by atoms with E-state index in [9.17, 15) is 18.3 Å². The Labute approximate surface area is 143 Å². The zero-order chi connectivity index (χ0) is 18.5. The number of aliphatic hydroxyl groups is 1. The molecule has 1 fully saturated rings. The molecule has 0 amide bonds. The maximum absolute atomic E-state index is 11.9. The van der Waals surface area contributed by atoms with Gasteiger partial charge in [-0.1, -0.05) is 20.8 Å². The molecule has 138 valence electrons. The molecule has 0 bridgehead atoms. The van der Waals surface area contributed by atoms with Crippen molar-refractivity contribution in [3.8, 4) is 0 Å². The highest BCUT2D eigenvalue weighted by molar-refractivity contribution is 7.90. The minimum absolute atomic E-state index is 0.138. The lowest BCUT2D eigenvalue weighted by Crippen LogP contribution is -2.24. The molecule has 0 spiro atoms. The van der Waals surface area contributed by atoms with Crippen molar-refractivity contribution in [3.05, 3.63) is 15.9 Å². The van der Waals surface area contributed by atoms with Crippen molar-refractivity contribution < 1.29 is 13.5 Å². The molecule has 3 N–H and O–H groups in total. The quantitative estimate of drug-likeness (QED) is 0.690. The van der Waals surface area contributed by atoms with E-state index in [4.69, 9.17) is 0 Å². The average molecular weight is 359 g/mol. The summed E-state index contributed by atoms with van der Waals surface area (Å²) in [6.07, 6.45) is 3.81. The Morgan fingerprint density at radius 2 is 2.00 bits per heavy atom. The number of anilines is 1. The van der Waals surface area contributed by atoms with Crippen LogP contribution < -0.4 is 10.9 Å². The molecule has 1 saturated carbocycles. The molecule has 24 heavy (non-hydrogen) atoms. The van der Waals surface area contributed by atoms with Crippen LogP contribution in [0.15, 0.2) is 9.95 Å². The first-order chi connectivity index (χ1) is 11.2. The minimum atomic E-state index is -3.57. The second-order valence-corrected chi connectivity index (χ2v) is 8.12. The zero-order valence-corrected chi connectivity index (χ0v) is 15.9. The molecule has 1 aromatic heterocycles. The normalized spacial score (nSPS) is 21.8. The first kappa shape index (κ1) is 20.6. The largest absolute Gasteiger partial charge is 0.396 e. The summed E-state index contributed by atoms with van der Waals surface area (Å²) in [6.45, 7) is 7.80. The fourth-order valence-electron chi connectivity index (χ4n) is 2.83. The highest BCUT2D eigenvalue weighted by Crippen LogP contribution is 2.33. The van der Waals surface area contributed by atoms with Crippen LogP contribution in [0.5, 0.6) is 0 Å². The maximum atomic E-state index is 11.9. The number of aromatic nitrogens is 2. The molecular weight excluding hydrogens is 330 g/mol. The fraction of sp³-hybridized carbons (Fsp3) is 0.750. The van der Waals surface area contributed by atoms with Crippen molar-refractivity contribution in [1.29, 1.82) is 0 Å². The average Bonchev–Trinajstić information content (AvgIpc) is 3.00. The number of rotatable bonds is 5. The molecule has 0 saturated heterocycles. The number of aromatic amines is 1. The number of sulfone groups is 1. The van der Waals surface area contributed by atoms with Crippen molar-refractivity contribution in [2.45, 2.75) is 58.2 Å². The van der Waals surface area contributed by atoms with Gasteiger partial charge in [-0.05, 0) is 38.0 Å². The third-order valence-electron chi connectivity index (χ3n) is 4.39. The topological polar surface area (TPSA) is 112 Å². The monoisotopic (exact) mass is 359 g/mol. The molecule has 0 radical (unpaired) electrons. The summed E-state index contributed by atoms with van der Waals surface area (Å²) in [6, 6.07) is 0.138. The van der Waals surface area contributed by atoms with Gasteiger partial charge in [-0.3, -0.25) is 9.78 Å². The van der Waals surface area contributed by atoms with E-state index in [-0.39, 0.29) is 23.7 Å². The van der Waals surface area contributed by atoms with Crippen LogP contribution in [0.2, 0.25) is 0 Å². The van der Waals surface area contributed by atoms with Gasteiger partial charge in [-0.15, -0.1) is 0 Å². The third-order valence-corrected chi connectivity index (χ3v) is 5.28. The van der Waals surface area contributed by atoms with Gasteiger partial charge < -0.3 is 10.4 Å². The second kappa shape index (κ2) is 8.62. The number of nitrogens with one attached hydrogen (secondary N) is 2. The highest BCUT2D eigenvalue weighted by atomic mass is 32.2. The smallest absolute Gasteiger partial charge is 0.256 e. The van der Waals surface area contributed by atoms with Crippen LogP contribution >= 0.6 is 0 Å². The van der Waals surface area contributed by atoms with Gasteiger partial charge in [0.25, 0.3) is 5.56 Å². The van der Waals surface area contributed by atoms with E-state index in [1.807, 2.05) is 20.8 Å². The van der Waals surface area contributed by atoms with Crippen molar-refractivity contribution in [3.63, 3.8) is 0 Å². The zero-order valence-electron chi connectivity index (χ0n) is 15.1. The van der Waals surface area contributed by atoms with Crippen LogP contribution in [-0.4, -0.2) is 42.4 Å². The van der Waals surface area contributed by atoms with Gasteiger partial charge in [0.1, 0.15) is 5.82 Å². The first-order valence-corrected chi connectivity index (χ1v) is 10.3. The van der Waals surface area contributed by atoms with Crippen molar-refractivity contribution in [1.82, 2.24) is 9.97 Å². The van der Waals surface area contributed by atoms with Gasteiger partial charge in [0.15, 0.2) is 0 Å². The molecule has 1 heterocycles. The molecule has 0 aliphatic heterocycles. The number of H-pyrrole nitrogens is 1. The Bertz CT molecular complexity index is 700. The molecule has 1 aromatic rings. The molecular formula is C16H29N3O4S. The van der Waals surface area contributed by atoms with E-state index in [1.54, 1.807) is 6.92 Å². The Morgan fingerprint density at radius 1 is 1.38 bits per heavy atom. The van der Waals surface area contributed by atoms with Gasteiger partial charge >= 0.3 is 0 Å². The van der Waals surface area contributed by atoms with E-state index in [1.165, 1.54) is 0 Å². The third kappa shape index (κ3) is 5.04. The molecule has 7 nitrogen and oxygen atoms in total. The Morgan fingerprint density at radius 3 is 2.54 bits per heavy atom. The van der Waals surface area contributed by atoms with Crippen molar-refractivity contribution >= 4 is 15.7 Å². The lowest BCUT2D eigenvalue weighted by Gasteiger charge is -2.18. The fourth-order valence-corrected chi connectivity index (χ4v) is 3.37. The number of hydrogen-bond donors (Lipinski definition) is 3. The van der Waals surface area contributed by atoms with E-state index in [2.05, 4.69) is 15.3 Å². The Hall–Kier alpha value is -1.41. The second-order valence-electron chi connectivity index (χ2n) is 6.19. The molecule has 2 unspecified atom stereocenters. The van der Waals surface area contributed by atoms with Crippen LogP contribution in [0.1, 0.15) is 45.6 Å². The van der Waals surface area contributed by atoms with Crippen LogP contribution in [0.25, 0.3) is 0 Å². The van der Waals surface area contributed by atoms with Crippen molar-refractivity contribution in [2.75, 3.05) is 18.2 Å². The highest BCUT2D eigenvalue weighted by Gasteiger charge is 2.29. The molecule has 2 rings (SSSR count). The van der Waals surface area contributed by atoms with Gasteiger partial charge in [-0.25, -0.2) is 13.4 Å². The maximum Gasteiger partial charge on any atom is 0.256 e. The number of aliphatic hydroxyl groups excluding tert-OH is 1. The van der Waals surface area contributed by atoms with Crippen LogP contribution in [-0.2, 0) is 9.84 Å². The van der Waals surface area contributed by atoms with Gasteiger partial charge in [0, 0.05) is 18.9 Å². The van der Waals surface area contributed by atoms with E-state index < -0.39 is 15.4 Å². The summed E-state index contributed by atoms with van der Waals surface area (Å²) in [4.78, 5) is 18.2. The van der Waals surface area contributed by atoms with Gasteiger partial charge in [-0.2, -0.15) is 0 Å². The molecule has 3 atom stereocenters. The summed E-state index contributed by atoms with van der Waals surface area (Å²) in [7, 11) is -3.57. The van der Waals surface area contributed by atoms with E-state index >= 15 is 0 Å². The number of nitrogens with zero attached hydrogens (tertiary/aromatic N) is 1. The predicted molar refractivity (Wildman–Crippen MR) is 95.1 cm³/mol. The summed E-state index contributed by atoms with van der Waals surface area (Å²) in [5, 5.41) is 12.1. The summed E-state index contributed by atoms with van der Waals surface area (Å²) in [5.74, 6) is 0.997. The summed E-state index contributed by atoms with van der Waals surface area (Å²) < 4.78 is 23.2. The number of hydrogen-bond acceptors (Lipinski definition) is 6. The molecule has 1 aliphatic rings. The van der Waals surface area contributed by atoms with E-state index in [0.717, 1.165) is 25.5 Å². The lowest BCUT2D eigenvalue weighted by molar-refractivity contribution is 0.189. The van der Waals surface area contributed by atoms with Crippen LogP contribution in [0.3, 0.4) is 0 Å².